The first-order valence-corrected chi connectivity index (χ1v) is 8.68. The number of hydrogen-bond donors (Lipinski definition) is 0. The molecule has 2 aromatic rings. The lowest BCUT2D eigenvalue weighted by Gasteiger charge is -2.43. The van der Waals surface area contributed by atoms with Crippen LogP contribution in [0.25, 0.3) is 0 Å². The second-order valence-electron chi connectivity index (χ2n) is 6.68. The van der Waals surface area contributed by atoms with Crippen LogP contribution in [0.15, 0.2) is 24.3 Å². The molecule has 0 bridgehead atoms. The molecule has 4 rings (SSSR count). The van der Waals surface area contributed by atoms with Crippen LogP contribution in [0.1, 0.15) is 54.9 Å². The van der Waals surface area contributed by atoms with E-state index in [9.17, 15) is 4.39 Å². The summed E-state index contributed by atoms with van der Waals surface area (Å²) in [6.07, 6.45) is 5.46. The largest absolute Gasteiger partial charge is 0.247 e. The van der Waals surface area contributed by atoms with Crippen LogP contribution >= 0.6 is 11.6 Å². The SMILES string of the molecule is FC1CC(c2ccc(Cl)cc2)(c2nnc3c(n2)CCCCC3)C1. The Hall–Kier alpha value is -1.55. The average molecular weight is 332 g/mol. The normalized spacial score (nSPS) is 27.0. The first-order chi connectivity index (χ1) is 11.2. The monoisotopic (exact) mass is 331 g/mol. The van der Waals surface area contributed by atoms with Crippen molar-refractivity contribution in [3.8, 4) is 0 Å². The van der Waals surface area contributed by atoms with Crippen molar-refractivity contribution in [2.75, 3.05) is 0 Å². The van der Waals surface area contributed by atoms with Crippen LogP contribution in [-0.2, 0) is 18.3 Å². The van der Waals surface area contributed by atoms with Crippen molar-refractivity contribution in [2.45, 2.75) is 56.5 Å². The molecule has 0 unspecified atom stereocenters. The topological polar surface area (TPSA) is 38.7 Å². The molecule has 2 aliphatic rings. The number of nitrogens with zero attached hydrogens (tertiary/aromatic N) is 3. The maximum Gasteiger partial charge on any atom is 0.161 e. The van der Waals surface area contributed by atoms with Gasteiger partial charge in [-0.25, -0.2) is 9.37 Å². The van der Waals surface area contributed by atoms with E-state index in [4.69, 9.17) is 16.6 Å². The van der Waals surface area contributed by atoms with Gasteiger partial charge in [0.2, 0.25) is 0 Å². The van der Waals surface area contributed by atoms with Crippen LogP contribution in [0, 0.1) is 0 Å². The highest BCUT2D eigenvalue weighted by Gasteiger charge is 2.50. The Morgan fingerprint density at radius 2 is 1.65 bits per heavy atom. The highest BCUT2D eigenvalue weighted by molar-refractivity contribution is 6.30. The average Bonchev–Trinajstić information content (AvgIpc) is 2.77. The first kappa shape index (κ1) is 15.0. The van der Waals surface area contributed by atoms with E-state index in [0.717, 1.165) is 42.6 Å². The summed E-state index contributed by atoms with van der Waals surface area (Å²) in [4.78, 5) is 4.83. The van der Waals surface area contributed by atoms with Crippen molar-refractivity contribution in [3.05, 3.63) is 52.1 Å². The predicted molar refractivity (Wildman–Crippen MR) is 87.4 cm³/mol. The van der Waals surface area contributed by atoms with Crippen molar-refractivity contribution in [1.29, 1.82) is 0 Å². The van der Waals surface area contributed by atoms with Gasteiger partial charge in [-0.15, -0.1) is 5.10 Å². The predicted octanol–water partition coefficient (Wildman–Crippen LogP) is 4.21. The fraction of sp³-hybridized carbons (Fsp3) is 0.500. The molecule has 0 radical (unpaired) electrons. The van der Waals surface area contributed by atoms with Gasteiger partial charge in [-0.2, -0.15) is 5.10 Å². The van der Waals surface area contributed by atoms with Crippen LogP contribution < -0.4 is 0 Å². The van der Waals surface area contributed by atoms with Crippen LogP contribution in [0.3, 0.4) is 0 Å². The molecule has 23 heavy (non-hydrogen) atoms. The molecule has 5 heteroatoms. The van der Waals surface area contributed by atoms with Crippen LogP contribution in [0.2, 0.25) is 5.02 Å². The molecule has 0 atom stereocenters. The molecule has 1 aromatic heterocycles. The molecule has 0 amide bonds. The lowest BCUT2D eigenvalue weighted by Crippen LogP contribution is -2.45. The van der Waals surface area contributed by atoms with Gasteiger partial charge in [0.15, 0.2) is 5.82 Å². The minimum Gasteiger partial charge on any atom is -0.247 e. The number of benzene rings is 1. The summed E-state index contributed by atoms with van der Waals surface area (Å²) in [5, 5.41) is 9.52. The lowest BCUT2D eigenvalue weighted by molar-refractivity contribution is 0.115. The van der Waals surface area contributed by atoms with Crippen molar-refractivity contribution >= 4 is 11.6 Å². The van der Waals surface area contributed by atoms with Crippen molar-refractivity contribution in [1.82, 2.24) is 15.2 Å². The quantitative estimate of drug-likeness (QED) is 0.774. The van der Waals surface area contributed by atoms with Crippen molar-refractivity contribution in [2.24, 2.45) is 0 Å². The highest BCUT2D eigenvalue weighted by atomic mass is 35.5. The summed E-state index contributed by atoms with van der Waals surface area (Å²) < 4.78 is 13.8. The third-order valence-electron chi connectivity index (χ3n) is 5.13. The summed E-state index contributed by atoms with van der Waals surface area (Å²) >= 11 is 5.99. The number of halogens is 2. The molecule has 1 fully saturated rings. The van der Waals surface area contributed by atoms with Gasteiger partial charge in [-0.05, 0) is 56.2 Å². The Bertz CT molecular complexity index is 711. The van der Waals surface area contributed by atoms with Crippen molar-refractivity contribution in [3.63, 3.8) is 0 Å². The molecule has 3 nitrogen and oxygen atoms in total. The molecule has 0 aliphatic heterocycles. The zero-order valence-corrected chi connectivity index (χ0v) is 13.7. The van der Waals surface area contributed by atoms with Gasteiger partial charge >= 0.3 is 0 Å². The van der Waals surface area contributed by atoms with Gasteiger partial charge in [-0.1, -0.05) is 30.2 Å². The molecule has 1 heterocycles. The third-order valence-corrected chi connectivity index (χ3v) is 5.38. The second kappa shape index (κ2) is 5.82. The maximum atomic E-state index is 13.8. The number of fused-ring (bicyclic) bond motifs is 1. The zero-order valence-electron chi connectivity index (χ0n) is 12.9. The Balaban J connectivity index is 1.76. The number of aromatic nitrogens is 3. The fourth-order valence-electron chi connectivity index (χ4n) is 3.75. The first-order valence-electron chi connectivity index (χ1n) is 8.30. The lowest BCUT2D eigenvalue weighted by atomic mass is 9.62. The standard InChI is InChI=1S/C18H19ClFN3/c19-13-8-6-12(7-9-13)18(10-14(20)11-18)17-21-15-4-2-1-3-5-16(15)22-23-17/h6-9,14H,1-5,10-11H2. The van der Waals surface area contributed by atoms with Crippen LogP contribution in [0.4, 0.5) is 4.39 Å². The van der Waals surface area contributed by atoms with E-state index in [-0.39, 0.29) is 0 Å². The van der Waals surface area contributed by atoms with E-state index in [2.05, 4.69) is 10.2 Å². The Morgan fingerprint density at radius 1 is 0.957 bits per heavy atom. The smallest absolute Gasteiger partial charge is 0.161 e. The minimum absolute atomic E-state index is 0.426. The highest BCUT2D eigenvalue weighted by Crippen LogP contribution is 2.49. The molecule has 1 aromatic carbocycles. The Labute approximate surface area is 140 Å². The second-order valence-corrected chi connectivity index (χ2v) is 7.12. The minimum atomic E-state index is -0.798. The Kier molecular flexibility index (Phi) is 3.80. The molecule has 0 N–H and O–H groups in total. The Morgan fingerprint density at radius 3 is 2.35 bits per heavy atom. The van der Waals surface area contributed by atoms with Gasteiger partial charge in [0.1, 0.15) is 6.17 Å². The summed E-state index contributed by atoms with van der Waals surface area (Å²) in [5.74, 6) is 0.675. The van der Waals surface area contributed by atoms with Gasteiger partial charge in [0.05, 0.1) is 16.8 Å². The third kappa shape index (κ3) is 2.63. The molecule has 1 saturated carbocycles. The van der Waals surface area contributed by atoms with E-state index in [1.54, 1.807) is 0 Å². The summed E-state index contributed by atoms with van der Waals surface area (Å²) in [6, 6.07) is 7.62. The summed E-state index contributed by atoms with van der Waals surface area (Å²) in [7, 11) is 0. The van der Waals surface area contributed by atoms with E-state index >= 15 is 0 Å². The van der Waals surface area contributed by atoms with Gasteiger partial charge in [0.25, 0.3) is 0 Å². The molecule has 120 valence electrons. The summed E-state index contributed by atoms with van der Waals surface area (Å²) in [6.45, 7) is 0. The van der Waals surface area contributed by atoms with Crippen LogP contribution in [0.5, 0.6) is 0 Å². The van der Waals surface area contributed by atoms with Crippen molar-refractivity contribution < 1.29 is 4.39 Å². The van der Waals surface area contributed by atoms with Gasteiger partial charge in [0, 0.05) is 5.02 Å². The molecular formula is C18H19ClFN3. The number of alkyl halides is 1. The van der Waals surface area contributed by atoms with E-state index < -0.39 is 11.6 Å². The van der Waals surface area contributed by atoms with E-state index in [1.807, 2.05) is 24.3 Å². The number of hydrogen-bond acceptors (Lipinski definition) is 3. The molecule has 0 saturated heterocycles. The maximum absolute atomic E-state index is 13.8. The number of aryl methyl sites for hydroxylation is 2. The van der Waals surface area contributed by atoms with Gasteiger partial charge < -0.3 is 0 Å². The summed E-state index contributed by atoms with van der Waals surface area (Å²) in [5.41, 5.74) is 2.67. The zero-order chi connectivity index (χ0) is 15.9. The van der Waals surface area contributed by atoms with Crippen LogP contribution in [-0.4, -0.2) is 21.4 Å². The molecular weight excluding hydrogens is 313 g/mol. The fourth-order valence-corrected chi connectivity index (χ4v) is 3.88. The van der Waals surface area contributed by atoms with Gasteiger partial charge in [-0.3, -0.25) is 0 Å². The molecule has 2 aliphatic carbocycles. The van der Waals surface area contributed by atoms with E-state index in [0.29, 0.717) is 23.7 Å². The number of rotatable bonds is 2. The molecule has 0 spiro atoms. The van der Waals surface area contributed by atoms with E-state index in [1.165, 1.54) is 6.42 Å².